The second kappa shape index (κ2) is 6.04. The normalized spacial score (nSPS) is 50.3. The van der Waals surface area contributed by atoms with Gasteiger partial charge in [-0.2, -0.15) is 0 Å². The SMILES string of the molecule is CC1C(C)C2(C)OC2CC1(C)C.CC1CCC(C)(C)C(C)C1C. The van der Waals surface area contributed by atoms with Crippen LogP contribution in [0.4, 0.5) is 0 Å². The Bertz CT molecular complexity index is 422. The molecule has 3 aliphatic rings. The number of hydrogen-bond acceptors (Lipinski definition) is 1. The summed E-state index contributed by atoms with van der Waals surface area (Å²) in [6, 6.07) is 0. The number of fused-ring (bicyclic) bond motifs is 1. The summed E-state index contributed by atoms with van der Waals surface area (Å²) in [5, 5.41) is 0. The minimum atomic E-state index is 0.231. The first-order chi connectivity index (χ1) is 10.3. The van der Waals surface area contributed by atoms with Crippen LogP contribution in [0.2, 0.25) is 0 Å². The Balaban J connectivity index is 0.000000168. The molecule has 0 aromatic rings. The number of ether oxygens (including phenoxy) is 1. The van der Waals surface area contributed by atoms with Gasteiger partial charge in [0.05, 0.1) is 11.7 Å². The summed E-state index contributed by atoms with van der Waals surface area (Å²) in [5.41, 5.74) is 1.29. The van der Waals surface area contributed by atoms with Crippen molar-refractivity contribution >= 4 is 0 Å². The highest BCUT2D eigenvalue weighted by atomic mass is 16.6. The van der Waals surface area contributed by atoms with Gasteiger partial charge in [-0.15, -0.1) is 0 Å². The molecule has 0 spiro atoms. The van der Waals surface area contributed by atoms with Crippen LogP contribution >= 0.6 is 0 Å². The summed E-state index contributed by atoms with van der Waals surface area (Å²) < 4.78 is 5.78. The van der Waals surface area contributed by atoms with E-state index >= 15 is 0 Å². The molecule has 1 heteroatoms. The summed E-state index contributed by atoms with van der Waals surface area (Å²) in [6.07, 6.45) is 4.64. The lowest BCUT2D eigenvalue weighted by molar-refractivity contribution is 0.0586. The minimum Gasteiger partial charge on any atom is -0.366 e. The highest BCUT2D eigenvalue weighted by molar-refractivity contribution is 5.11. The molecule has 3 rings (SSSR count). The van der Waals surface area contributed by atoms with Crippen molar-refractivity contribution < 1.29 is 4.74 Å². The van der Waals surface area contributed by atoms with E-state index in [1.54, 1.807) is 0 Å². The van der Waals surface area contributed by atoms with Crippen molar-refractivity contribution in [3.8, 4) is 0 Å². The van der Waals surface area contributed by atoms with Crippen molar-refractivity contribution in [3.63, 3.8) is 0 Å². The maximum absolute atomic E-state index is 5.78. The molecule has 1 nitrogen and oxygen atoms in total. The molecule has 7 atom stereocenters. The first-order valence-electron chi connectivity index (χ1n) is 10.0. The Kier molecular flexibility index (Phi) is 5.07. The van der Waals surface area contributed by atoms with E-state index < -0.39 is 0 Å². The first kappa shape index (κ1) is 19.3. The van der Waals surface area contributed by atoms with Gasteiger partial charge in [-0.25, -0.2) is 0 Å². The van der Waals surface area contributed by atoms with Crippen LogP contribution in [0.15, 0.2) is 0 Å². The lowest BCUT2D eigenvalue weighted by Crippen LogP contribution is -2.41. The molecule has 1 saturated heterocycles. The molecule has 0 N–H and O–H groups in total. The van der Waals surface area contributed by atoms with E-state index in [0.29, 0.717) is 22.9 Å². The zero-order chi connectivity index (χ0) is 17.8. The molecule has 0 bridgehead atoms. The zero-order valence-corrected chi connectivity index (χ0v) is 17.5. The standard InChI is InChI=1S/C11H20O.C11H22/c1-7-8(2)11(5)9(12-11)6-10(7,3)4;1-8-6-7-11(4,5)10(3)9(8)2/h7-9H,6H2,1-5H3;8-10H,6-7H2,1-5H3. The van der Waals surface area contributed by atoms with Crippen LogP contribution in [-0.4, -0.2) is 11.7 Å². The average Bonchev–Trinajstić information content (AvgIpc) is 3.11. The molecule has 7 unspecified atom stereocenters. The maximum atomic E-state index is 5.78. The third-order valence-corrected chi connectivity index (χ3v) is 8.74. The summed E-state index contributed by atoms with van der Waals surface area (Å²) in [7, 11) is 0. The molecule has 1 aliphatic heterocycles. The van der Waals surface area contributed by atoms with E-state index in [1.807, 2.05) is 0 Å². The Morgan fingerprint density at radius 1 is 0.739 bits per heavy atom. The van der Waals surface area contributed by atoms with Gasteiger partial charge in [0.2, 0.25) is 0 Å². The molecule has 2 saturated carbocycles. The van der Waals surface area contributed by atoms with Gasteiger partial charge in [-0.3, -0.25) is 0 Å². The van der Waals surface area contributed by atoms with Crippen molar-refractivity contribution in [3.05, 3.63) is 0 Å². The van der Waals surface area contributed by atoms with Gasteiger partial charge in [0, 0.05) is 0 Å². The molecule has 2 aliphatic carbocycles. The van der Waals surface area contributed by atoms with Gasteiger partial charge in [0.25, 0.3) is 0 Å². The largest absolute Gasteiger partial charge is 0.366 e. The topological polar surface area (TPSA) is 12.5 Å². The quantitative estimate of drug-likeness (QED) is 0.460. The molecule has 0 radical (unpaired) electrons. The number of epoxide rings is 1. The molecular formula is C22H42O. The molecule has 1 heterocycles. The molecule has 0 aromatic heterocycles. The van der Waals surface area contributed by atoms with E-state index in [4.69, 9.17) is 4.74 Å². The molecule has 23 heavy (non-hydrogen) atoms. The zero-order valence-electron chi connectivity index (χ0n) is 17.5. The predicted molar refractivity (Wildman–Crippen MR) is 101 cm³/mol. The van der Waals surface area contributed by atoms with Crippen molar-refractivity contribution in [1.82, 2.24) is 0 Å². The van der Waals surface area contributed by atoms with Crippen LogP contribution in [0.1, 0.15) is 88.5 Å². The van der Waals surface area contributed by atoms with E-state index in [0.717, 1.165) is 23.7 Å². The lowest BCUT2D eigenvalue weighted by Gasteiger charge is -2.44. The van der Waals surface area contributed by atoms with Crippen molar-refractivity contribution in [2.24, 2.45) is 40.4 Å². The second-order valence-corrected chi connectivity index (χ2v) is 10.7. The fourth-order valence-corrected chi connectivity index (χ4v) is 5.05. The highest BCUT2D eigenvalue weighted by Gasteiger charge is 2.63. The molecular weight excluding hydrogens is 280 g/mol. The van der Waals surface area contributed by atoms with E-state index in [9.17, 15) is 0 Å². The Labute approximate surface area is 146 Å². The van der Waals surface area contributed by atoms with E-state index in [-0.39, 0.29) is 5.60 Å². The van der Waals surface area contributed by atoms with E-state index in [1.165, 1.54) is 19.3 Å². The smallest absolute Gasteiger partial charge is 0.0948 e. The van der Waals surface area contributed by atoms with Gasteiger partial charge in [-0.1, -0.05) is 62.3 Å². The average molecular weight is 323 g/mol. The summed E-state index contributed by atoms with van der Waals surface area (Å²) >= 11 is 0. The molecule has 3 fully saturated rings. The van der Waals surface area contributed by atoms with Crippen LogP contribution < -0.4 is 0 Å². The molecule has 0 amide bonds. The second-order valence-electron chi connectivity index (χ2n) is 10.7. The highest BCUT2D eigenvalue weighted by Crippen LogP contribution is 2.59. The maximum Gasteiger partial charge on any atom is 0.0948 e. The summed E-state index contributed by atoms with van der Waals surface area (Å²) in [6.45, 7) is 23.8. The Morgan fingerprint density at radius 3 is 1.83 bits per heavy atom. The first-order valence-corrected chi connectivity index (χ1v) is 10.0. The van der Waals surface area contributed by atoms with Crippen LogP contribution in [0.5, 0.6) is 0 Å². The van der Waals surface area contributed by atoms with Crippen molar-refractivity contribution in [2.75, 3.05) is 0 Å². The van der Waals surface area contributed by atoms with Gasteiger partial charge in [0.1, 0.15) is 0 Å². The molecule has 136 valence electrons. The van der Waals surface area contributed by atoms with Crippen molar-refractivity contribution in [1.29, 1.82) is 0 Å². The molecule has 0 aromatic carbocycles. The number of rotatable bonds is 0. The monoisotopic (exact) mass is 322 g/mol. The van der Waals surface area contributed by atoms with Gasteiger partial charge < -0.3 is 4.74 Å². The lowest BCUT2D eigenvalue weighted by atomic mass is 9.61. The minimum absolute atomic E-state index is 0.231. The third kappa shape index (κ3) is 3.51. The Hall–Kier alpha value is -0.0400. The van der Waals surface area contributed by atoms with Gasteiger partial charge in [0.15, 0.2) is 0 Å². The van der Waals surface area contributed by atoms with E-state index in [2.05, 4.69) is 69.2 Å². The van der Waals surface area contributed by atoms with Gasteiger partial charge in [-0.05, 0) is 66.6 Å². The Morgan fingerprint density at radius 2 is 1.30 bits per heavy atom. The van der Waals surface area contributed by atoms with Crippen molar-refractivity contribution in [2.45, 2.75) is 100 Å². The van der Waals surface area contributed by atoms with Crippen LogP contribution in [0.3, 0.4) is 0 Å². The van der Waals surface area contributed by atoms with Gasteiger partial charge >= 0.3 is 0 Å². The summed E-state index contributed by atoms with van der Waals surface area (Å²) in [5.74, 6) is 4.25. The predicted octanol–water partition coefficient (Wildman–Crippen LogP) is 6.56. The fraction of sp³-hybridized carbons (Fsp3) is 1.00. The van der Waals surface area contributed by atoms with Crippen LogP contribution in [-0.2, 0) is 4.74 Å². The number of hydrogen-bond donors (Lipinski definition) is 0. The third-order valence-electron chi connectivity index (χ3n) is 8.74. The fourth-order valence-electron chi connectivity index (χ4n) is 5.05. The summed E-state index contributed by atoms with van der Waals surface area (Å²) in [4.78, 5) is 0. The van der Waals surface area contributed by atoms with Crippen LogP contribution in [0.25, 0.3) is 0 Å². The van der Waals surface area contributed by atoms with Crippen LogP contribution in [0, 0.1) is 40.4 Å².